The maximum absolute atomic E-state index is 16.4. The molecule has 3 aromatic carbocycles. The molecule has 0 spiro atoms. The van der Waals surface area contributed by atoms with Crippen LogP contribution in [-0.4, -0.2) is 0 Å². The zero-order valence-corrected chi connectivity index (χ0v) is 18.8. The molecule has 0 radical (unpaired) electrons. The molecule has 0 aliphatic rings. The third-order valence-corrected chi connectivity index (χ3v) is 5.28. The number of rotatable bonds is 2. The Morgan fingerprint density at radius 2 is 0.711 bits per heavy atom. The monoisotopic (exact) mass is 492 g/mol. The first-order valence-corrected chi connectivity index (χ1v) is 10.1. The van der Waals surface area contributed by atoms with Crippen molar-refractivity contribution in [3.63, 3.8) is 0 Å². The summed E-state index contributed by atoms with van der Waals surface area (Å²) >= 11 is 0. The maximum atomic E-state index is 16.4. The lowest BCUT2D eigenvalue weighted by molar-refractivity contribution is 0.592. The van der Waals surface area contributed by atoms with Crippen LogP contribution < -0.4 is 10.4 Å². The van der Waals surface area contributed by atoms with Crippen molar-refractivity contribution in [3.8, 4) is 70.8 Å². The van der Waals surface area contributed by atoms with Crippen molar-refractivity contribution < 1.29 is 8.78 Å². The van der Waals surface area contributed by atoms with E-state index in [1.165, 1.54) is 36.4 Å². The highest BCUT2D eigenvalue weighted by Crippen LogP contribution is 2.28. The number of hydrogen-bond acceptors (Lipinski definition) is 8. The molecule has 0 atom stereocenters. The van der Waals surface area contributed by atoms with Gasteiger partial charge in [-0.3, -0.25) is 0 Å². The zero-order valence-electron chi connectivity index (χ0n) is 18.8. The van der Waals surface area contributed by atoms with E-state index in [0.717, 1.165) is 24.3 Å². The highest BCUT2D eigenvalue weighted by Gasteiger charge is 2.25. The van der Waals surface area contributed by atoms with E-state index in [0.29, 0.717) is 0 Å². The summed E-state index contributed by atoms with van der Waals surface area (Å²) in [4.78, 5) is 0. The van der Waals surface area contributed by atoms with Gasteiger partial charge in [0.25, 0.3) is 0 Å². The molecule has 0 amide bonds. The molecule has 10 heteroatoms. The molecule has 38 heavy (non-hydrogen) atoms. The fourth-order valence-electron chi connectivity index (χ4n) is 3.78. The van der Waals surface area contributed by atoms with E-state index in [1.54, 1.807) is 24.3 Å². The first-order chi connectivity index (χ1) is 18.3. The van der Waals surface area contributed by atoms with Crippen LogP contribution in [-0.2, 0) is 0 Å². The van der Waals surface area contributed by atoms with E-state index in [4.69, 9.17) is 0 Å². The van der Waals surface area contributed by atoms with Crippen LogP contribution in [0.2, 0.25) is 0 Å². The number of hydrogen-bond donors (Lipinski definition) is 0. The summed E-state index contributed by atoms with van der Waals surface area (Å²) in [6.45, 7) is 0. The quantitative estimate of drug-likeness (QED) is 0.521. The molecule has 172 valence electrons. The first-order valence-electron chi connectivity index (χ1n) is 10.1. The minimum absolute atomic E-state index is 0.129. The summed E-state index contributed by atoms with van der Waals surface area (Å²) in [5.41, 5.74) is -4.34. The van der Waals surface area contributed by atoms with E-state index in [-0.39, 0.29) is 33.4 Å². The molecule has 0 saturated heterocycles. The third kappa shape index (κ3) is 4.33. The van der Waals surface area contributed by atoms with Crippen molar-refractivity contribution in [2.24, 2.45) is 0 Å². The summed E-state index contributed by atoms with van der Waals surface area (Å²) in [6, 6.07) is 19.7. The molecule has 8 nitrogen and oxygen atoms in total. The van der Waals surface area contributed by atoms with Gasteiger partial charge >= 0.3 is 0 Å². The molecule has 3 rings (SSSR count). The lowest BCUT2D eigenvalue weighted by Crippen LogP contribution is -2.28. The molecule has 3 aromatic rings. The predicted octanol–water partition coefficient (Wildman–Crippen LogP) is 3.18. The standard InChI is InChI=1S/C28H6F2N8/c29-27-23(19-3-15(7-31)1-16(4-19)8-32)25(21(11-35)12-36)28(30)24(26(27)22(13-37)14-38)20-5-17(9-33)2-18(6-20)10-34/h1-6H. The maximum Gasteiger partial charge on any atom is 0.141 e. The fourth-order valence-corrected chi connectivity index (χ4v) is 3.78. The Hall–Kier alpha value is -6.82. The Balaban J connectivity index is 2.85. The third-order valence-electron chi connectivity index (χ3n) is 5.28. The van der Waals surface area contributed by atoms with Gasteiger partial charge in [0, 0.05) is 11.1 Å². The normalized spacial score (nSPS) is 9.11. The molecule has 0 unspecified atom stereocenters. The second-order valence-corrected chi connectivity index (χ2v) is 7.37. The van der Waals surface area contributed by atoms with Gasteiger partial charge in [-0.1, -0.05) is 0 Å². The van der Waals surface area contributed by atoms with Gasteiger partial charge in [0.05, 0.1) is 57.0 Å². The van der Waals surface area contributed by atoms with E-state index >= 15 is 8.78 Å². The highest BCUT2D eigenvalue weighted by molar-refractivity contribution is 5.86. The lowest BCUT2D eigenvalue weighted by atomic mass is 9.89. The molecular formula is C28H6F2N8. The highest BCUT2D eigenvalue weighted by atomic mass is 19.1. The van der Waals surface area contributed by atoms with Crippen LogP contribution >= 0.6 is 0 Å². The topological polar surface area (TPSA) is 190 Å². The Bertz CT molecular complexity index is 1790. The van der Waals surface area contributed by atoms with Crippen LogP contribution in [0.3, 0.4) is 0 Å². The Kier molecular flexibility index (Phi) is 7.21. The molecule has 0 heterocycles. The number of halogens is 2. The van der Waals surface area contributed by atoms with E-state index < -0.39 is 44.3 Å². The fraction of sp³-hybridized carbons (Fsp3) is 0. The largest absolute Gasteiger partial charge is 0.206 e. The van der Waals surface area contributed by atoms with Gasteiger partial charge in [0.15, 0.2) is 0 Å². The van der Waals surface area contributed by atoms with Crippen LogP contribution in [0, 0.1) is 102 Å². The Labute approximate surface area is 213 Å². The Morgan fingerprint density at radius 3 is 0.921 bits per heavy atom. The van der Waals surface area contributed by atoms with Gasteiger partial charge in [-0.15, -0.1) is 0 Å². The minimum atomic E-state index is -1.41. The molecule has 0 fully saturated rings. The predicted molar refractivity (Wildman–Crippen MR) is 125 cm³/mol. The molecule has 0 N–H and O–H groups in total. The SMILES string of the molecule is N#CC(C#N)=c1c(F)c(-c2cc(C#N)cc(C#N)c2)c(=C(C#N)C#N)c(F)c1-c1cc(C#N)cc(C#N)c1. The van der Waals surface area contributed by atoms with Gasteiger partial charge in [-0.05, 0) is 47.5 Å². The van der Waals surface area contributed by atoms with E-state index in [9.17, 15) is 42.1 Å². The van der Waals surface area contributed by atoms with Crippen molar-refractivity contribution in [2.45, 2.75) is 0 Å². The van der Waals surface area contributed by atoms with E-state index in [2.05, 4.69) is 0 Å². The van der Waals surface area contributed by atoms with Crippen molar-refractivity contribution >= 4 is 11.1 Å². The second-order valence-electron chi connectivity index (χ2n) is 7.37. The number of benzene rings is 3. The second kappa shape index (κ2) is 10.6. The average molecular weight is 492 g/mol. The summed E-state index contributed by atoms with van der Waals surface area (Å²) < 4.78 is 32.8. The summed E-state index contributed by atoms with van der Waals surface area (Å²) in [5, 5.41) is 74.0. The molecule has 0 saturated carbocycles. The molecular weight excluding hydrogens is 486 g/mol. The van der Waals surface area contributed by atoms with Crippen molar-refractivity contribution in [1.82, 2.24) is 0 Å². The summed E-state index contributed by atoms with van der Waals surface area (Å²) in [6.07, 6.45) is 0. The molecule has 0 aliphatic heterocycles. The first kappa shape index (κ1) is 25.8. The molecule has 0 aromatic heterocycles. The van der Waals surface area contributed by atoms with Crippen LogP contribution in [0.5, 0.6) is 0 Å². The van der Waals surface area contributed by atoms with E-state index in [1.807, 2.05) is 0 Å². The van der Waals surface area contributed by atoms with Crippen molar-refractivity contribution in [3.05, 3.63) is 80.7 Å². The van der Waals surface area contributed by atoms with Crippen LogP contribution in [0.25, 0.3) is 33.4 Å². The van der Waals surface area contributed by atoms with Crippen LogP contribution in [0.4, 0.5) is 8.78 Å². The van der Waals surface area contributed by atoms with Gasteiger partial charge in [0.2, 0.25) is 0 Å². The average Bonchev–Trinajstić information content (AvgIpc) is 2.95. The number of nitriles is 8. The zero-order chi connectivity index (χ0) is 28.0. The van der Waals surface area contributed by atoms with Gasteiger partial charge < -0.3 is 0 Å². The van der Waals surface area contributed by atoms with Crippen LogP contribution in [0.1, 0.15) is 22.3 Å². The van der Waals surface area contributed by atoms with Gasteiger partial charge in [-0.2, -0.15) is 42.1 Å². The van der Waals surface area contributed by atoms with Crippen molar-refractivity contribution in [2.75, 3.05) is 0 Å². The lowest BCUT2D eigenvalue weighted by Gasteiger charge is -2.14. The Morgan fingerprint density at radius 1 is 0.447 bits per heavy atom. The molecule has 0 aliphatic carbocycles. The summed E-state index contributed by atoms with van der Waals surface area (Å²) in [7, 11) is 0. The van der Waals surface area contributed by atoms with Gasteiger partial charge in [0.1, 0.15) is 47.1 Å². The van der Waals surface area contributed by atoms with Gasteiger partial charge in [-0.25, -0.2) is 8.78 Å². The minimum Gasteiger partial charge on any atom is -0.206 e. The van der Waals surface area contributed by atoms with Crippen LogP contribution in [0.15, 0.2) is 36.4 Å². The summed E-state index contributed by atoms with van der Waals surface area (Å²) in [5.74, 6) is -2.81. The van der Waals surface area contributed by atoms with Crippen molar-refractivity contribution in [1.29, 1.82) is 42.1 Å². The smallest absolute Gasteiger partial charge is 0.141 e. The molecule has 0 bridgehead atoms. The number of nitrogens with zero attached hydrogens (tertiary/aromatic N) is 8.